The maximum Gasteiger partial charge on any atom is 0.245 e. The highest BCUT2D eigenvalue weighted by molar-refractivity contribution is 6.09. The van der Waals surface area contributed by atoms with E-state index in [-0.39, 0.29) is 23.1 Å². The quantitative estimate of drug-likeness (QED) is 0.828. The van der Waals surface area contributed by atoms with Crippen LogP contribution in [0, 0.1) is 12.3 Å². The Morgan fingerprint density at radius 2 is 1.86 bits per heavy atom. The fourth-order valence-corrected chi connectivity index (χ4v) is 4.57. The molecule has 0 saturated carbocycles. The summed E-state index contributed by atoms with van der Waals surface area (Å²) < 4.78 is 1.43. The number of hydrogen-bond donors (Lipinski definition) is 1. The smallest absolute Gasteiger partial charge is 0.245 e. The Morgan fingerprint density at radius 1 is 1.21 bits per heavy atom. The summed E-state index contributed by atoms with van der Waals surface area (Å²) in [4.78, 5) is 27.5. The minimum Gasteiger partial charge on any atom is -0.378 e. The van der Waals surface area contributed by atoms with Crippen molar-refractivity contribution in [1.29, 1.82) is 0 Å². The topological polar surface area (TPSA) is 67.2 Å². The zero-order chi connectivity index (χ0) is 21.1. The molecule has 1 aliphatic heterocycles. The average molecular weight is 393 g/mol. The largest absolute Gasteiger partial charge is 0.378 e. The predicted octanol–water partition coefficient (Wildman–Crippen LogP) is 4.23. The van der Waals surface area contributed by atoms with Gasteiger partial charge in [0.15, 0.2) is 5.78 Å². The molecule has 2 heterocycles. The summed E-state index contributed by atoms with van der Waals surface area (Å²) in [5, 5.41) is 7.95. The molecule has 1 aromatic heterocycles. The molecule has 29 heavy (non-hydrogen) atoms. The van der Waals surface area contributed by atoms with Gasteiger partial charge in [-0.3, -0.25) is 9.59 Å². The number of benzene rings is 1. The third-order valence-corrected chi connectivity index (χ3v) is 5.89. The van der Waals surface area contributed by atoms with E-state index in [1.165, 1.54) is 11.6 Å². The first-order chi connectivity index (χ1) is 13.6. The molecular weight excluding hydrogens is 364 g/mol. The van der Waals surface area contributed by atoms with Gasteiger partial charge in [-0.05, 0) is 42.0 Å². The Hall–Kier alpha value is -2.89. The monoisotopic (exact) mass is 392 g/mol. The van der Waals surface area contributed by atoms with Crippen molar-refractivity contribution in [2.24, 2.45) is 5.41 Å². The molecule has 4 rings (SSSR count). The molecule has 2 aromatic rings. The van der Waals surface area contributed by atoms with Crippen LogP contribution >= 0.6 is 0 Å². The van der Waals surface area contributed by atoms with Crippen LogP contribution in [0.1, 0.15) is 61.3 Å². The lowest BCUT2D eigenvalue weighted by Crippen LogP contribution is -2.33. The van der Waals surface area contributed by atoms with Crippen molar-refractivity contribution in [3.63, 3.8) is 0 Å². The number of anilines is 2. The number of hydrogen-bond acceptors (Lipinski definition) is 5. The lowest BCUT2D eigenvalue weighted by Gasteiger charge is -2.39. The number of nitrogens with zero attached hydrogens (tertiary/aromatic N) is 3. The molecule has 6 heteroatoms. The standard InChI is InChI=1S/C23H28N4O2/c1-13-19-17-11-23(3,4)12-18(29)20(17)21(24-22(19)27(25-13)14(2)28)15-7-9-16(10-8-15)26(5)6/h7-10,21,24H,11-12H2,1-6H3/t21-/m1/s1. The van der Waals surface area contributed by atoms with E-state index in [1.807, 2.05) is 25.9 Å². The van der Waals surface area contributed by atoms with Gasteiger partial charge in [0.05, 0.1) is 11.7 Å². The van der Waals surface area contributed by atoms with Gasteiger partial charge in [-0.1, -0.05) is 26.0 Å². The van der Waals surface area contributed by atoms with Crippen LogP contribution in [0.2, 0.25) is 0 Å². The van der Waals surface area contributed by atoms with Crippen molar-refractivity contribution in [2.45, 2.75) is 46.6 Å². The van der Waals surface area contributed by atoms with Gasteiger partial charge in [0, 0.05) is 44.3 Å². The Bertz CT molecular complexity index is 1040. The van der Waals surface area contributed by atoms with Gasteiger partial charge in [0.2, 0.25) is 5.91 Å². The van der Waals surface area contributed by atoms with Gasteiger partial charge >= 0.3 is 0 Å². The van der Waals surface area contributed by atoms with Crippen LogP contribution < -0.4 is 10.2 Å². The third-order valence-electron chi connectivity index (χ3n) is 5.89. The van der Waals surface area contributed by atoms with Crippen LogP contribution in [0.5, 0.6) is 0 Å². The fraction of sp³-hybridized carbons (Fsp3) is 0.435. The molecule has 0 spiro atoms. The maximum atomic E-state index is 13.3. The molecule has 0 saturated heterocycles. The van der Waals surface area contributed by atoms with Crippen molar-refractivity contribution in [2.75, 3.05) is 24.3 Å². The molecule has 1 aromatic carbocycles. The first-order valence-corrected chi connectivity index (χ1v) is 10.00. The highest BCUT2D eigenvalue weighted by Gasteiger charge is 2.42. The summed E-state index contributed by atoms with van der Waals surface area (Å²) >= 11 is 0. The predicted molar refractivity (Wildman–Crippen MR) is 115 cm³/mol. The number of ketones is 1. The van der Waals surface area contributed by atoms with Gasteiger partial charge in [-0.15, -0.1) is 0 Å². The van der Waals surface area contributed by atoms with Crippen molar-refractivity contribution < 1.29 is 9.59 Å². The molecule has 1 N–H and O–H groups in total. The van der Waals surface area contributed by atoms with E-state index in [4.69, 9.17) is 0 Å². The van der Waals surface area contributed by atoms with E-state index >= 15 is 0 Å². The molecule has 1 atom stereocenters. The van der Waals surface area contributed by atoms with Gasteiger partial charge in [0.25, 0.3) is 0 Å². The number of nitrogens with one attached hydrogen (secondary N) is 1. The lowest BCUT2D eigenvalue weighted by molar-refractivity contribution is -0.118. The van der Waals surface area contributed by atoms with E-state index in [9.17, 15) is 9.59 Å². The van der Waals surface area contributed by atoms with Gasteiger partial charge in [0.1, 0.15) is 5.82 Å². The number of allylic oxidation sites excluding steroid dienone is 1. The van der Waals surface area contributed by atoms with Crippen LogP contribution in [-0.2, 0) is 4.79 Å². The zero-order valence-electron chi connectivity index (χ0n) is 18.0. The summed E-state index contributed by atoms with van der Waals surface area (Å²) in [6.07, 6.45) is 1.31. The second-order valence-corrected chi connectivity index (χ2v) is 9.14. The number of fused-ring (bicyclic) bond motifs is 2. The van der Waals surface area contributed by atoms with Crippen molar-refractivity contribution in [3.05, 3.63) is 46.7 Å². The minimum atomic E-state index is -0.286. The number of carbonyl (C=O) groups is 2. The molecule has 152 valence electrons. The van der Waals surface area contributed by atoms with E-state index < -0.39 is 0 Å². The van der Waals surface area contributed by atoms with E-state index in [2.05, 4.69) is 48.5 Å². The molecule has 2 aliphatic rings. The van der Waals surface area contributed by atoms with Crippen LogP contribution in [0.3, 0.4) is 0 Å². The zero-order valence-corrected chi connectivity index (χ0v) is 18.0. The second kappa shape index (κ2) is 6.58. The van der Waals surface area contributed by atoms with Crippen LogP contribution in [0.25, 0.3) is 5.57 Å². The van der Waals surface area contributed by atoms with Crippen LogP contribution in [0.4, 0.5) is 11.5 Å². The summed E-state index contributed by atoms with van der Waals surface area (Å²) in [7, 11) is 4.00. The molecular formula is C23H28N4O2. The summed E-state index contributed by atoms with van der Waals surface area (Å²) in [5.74, 6) is 0.723. The van der Waals surface area contributed by atoms with E-state index in [0.29, 0.717) is 12.2 Å². The Kier molecular flexibility index (Phi) is 4.41. The number of aryl methyl sites for hydroxylation is 1. The number of carbonyl (C=O) groups excluding carboxylic acids is 2. The normalized spacial score (nSPS) is 20.1. The average Bonchev–Trinajstić information content (AvgIpc) is 2.97. The van der Waals surface area contributed by atoms with Crippen molar-refractivity contribution >= 4 is 28.8 Å². The number of rotatable bonds is 2. The van der Waals surface area contributed by atoms with Crippen molar-refractivity contribution in [3.8, 4) is 0 Å². The lowest BCUT2D eigenvalue weighted by atomic mass is 9.68. The maximum absolute atomic E-state index is 13.3. The summed E-state index contributed by atoms with van der Waals surface area (Å²) in [6, 6.07) is 7.93. The Morgan fingerprint density at radius 3 is 2.45 bits per heavy atom. The van der Waals surface area contributed by atoms with Gasteiger partial charge in [-0.25, -0.2) is 0 Å². The molecule has 0 fully saturated rings. The second-order valence-electron chi connectivity index (χ2n) is 9.14. The molecule has 6 nitrogen and oxygen atoms in total. The van der Waals surface area contributed by atoms with Crippen LogP contribution in [-0.4, -0.2) is 35.6 Å². The molecule has 0 radical (unpaired) electrons. The number of aromatic nitrogens is 2. The highest BCUT2D eigenvalue weighted by Crippen LogP contribution is 2.51. The summed E-state index contributed by atoms with van der Waals surface area (Å²) in [6.45, 7) is 7.67. The van der Waals surface area contributed by atoms with Crippen molar-refractivity contribution in [1.82, 2.24) is 9.78 Å². The SMILES string of the molecule is CC(=O)n1nc(C)c2c1N[C@H](c1ccc(N(C)C)cc1)C1=C2CC(C)(C)CC1=O. The fourth-order valence-electron chi connectivity index (χ4n) is 4.57. The molecule has 1 aliphatic carbocycles. The highest BCUT2D eigenvalue weighted by atomic mass is 16.2. The molecule has 0 amide bonds. The third kappa shape index (κ3) is 3.16. The Labute approximate surface area is 171 Å². The molecule has 0 unspecified atom stereocenters. The first kappa shape index (κ1) is 19.4. The molecule has 0 bridgehead atoms. The van der Waals surface area contributed by atoms with Gasteiger partial charge < -0.3 is 10.2 Å². The first-order valence-electron chi connectivity index (χ1n) is 10.00. The number of Topliss-reactive ketones (excluding diaryl/α,β-unsaturated/α-hetero) is 1. The van der Waals surface area contributed by atoms with Gasteiger partial charge in [-0.2, -0.15) is 9.78 Å². The van der Waals surface area contributed by atoms with E-state index in [0.717, 1.165) is 40.1 Å². The Balaban J connectivity index is 1.92. The minimum absolute atomic E-state index is 0.116. The summed E-state index contributed by atoms with van der Waals surface area (Å²) in [5.41, 5.74) is 5.54. The van der Waals surface area contributed by atoms with Crippen LogP contribution in [0.15, 0.2) is 29.8 Å². The van der Waals surface area contributed by atoms with E-state index in [1.54, 1.807) is 0 Å².